The van der Waals surface area contributed by atoms with Crippen LogP contribution in [0.4, 0.5) is 5.69 Å². The predicted octanol–water partition coefficient (Wildman–Crippen LogP) is 4.93. The van der Waals surface area contributed by atoms with E-state index in [4.69, 9.17) is 0 Å². The summed E-state index contributed by atoms with van der Waals surface area (Å²) in [7, 11) is -0.265. The minimum Gasteiger partial charge on any atom is -0.295 e. The van der Waals surface area contributed by atoms with Gasteiger partial charge in [0.25, 0.3) is 10.0 Å². The van der Waals surface area contributed by atoms with Gasteiger partial charge in [-0.1, -0.05) is 19.3 Å². The maximum atomic E-state index is 12.9. The van der Waals surface area contributed by atoms with Gasteiger partial charge < -0.3 is 0 Å². The van der Waals surface area contributed by atoms with Crippen molar-refractivity contribution in [3.8, 4) is 0 Å². The summed E-state index contributed by atoms with van der Waals surface area (Å²) in [6, 6.07) is 7.03. The zero-order valence-electron chi connectivity index (χ0n) is 16.1. The summed E-state index contributed by atoms with van der Waals surface area (Å²) in [5.41, 5.74) is 1.91. The molecule has 1 aromatic carbocycles. The number of hydrogen-bond donors (Lipinski definition) is 1. The Bertz CT molecular complexity index is 1220. The van der Waals surface area contributed by atoms with Crippen molar-refractivity contribution in [3.63, 3.8) is 0 Å². The molecule has 1 N–H and O–H groups in total. The van der Waals surface area contributed by atoms with E-state index in [1.807, 2.05) is 6.07 Å². The Morgan fingerprint density at radius 1 is 1.10 bits per heavy atom. The molecule has 10 heteroatoms. The number of imidazole rings is 1. The van der Waals surface area contributed by atoms with Gasteiger partial charge in [-0.25, -0.2) is 13.2 Å². The van der Waals surface area contributed by atoms with Crippen molar-refractivity contribution in [2.45, 2.75) is 46.5 Å². The van der Waals surface area contributed by atoms with Crippen molar-refractivity contribution in [2.75, 3.05) is 4.72 Å². The van der Waals surface area contributed by atoms with Crippen LogP contribution in [0.25, 0.3) is 11.0 Å². The molecule has 2 aromatic heterocycles. The summed E-state index contributed by atoms with van der Waals surface area (Å²) in [5, 5.41) is 0.459. The maximum absolute atomic E-state index is 12.9. The van der Waals surface area contributed by atoms with Gasteiger partial charge in [-0.3, -0.25) is 13.9 Å². The van der Waals surface area contributed by atoms with E-state index in [1.54, 1.807) is 53.2 Å². The lowest BCUT2D eigenvalue weighted by atomic mass is 10.0. The first-order chi connectivity index (χ1) is 13.8. The average Bonchev–Trinajstić information content (AvgIpc) is 3.22. The van der Waals surface area contributed by atoms with Crippen molar-refractivity contribution in [2.24, 2.45) is 14.1 Å². The summed E-state index contributed by atoms with van der Waals surface area (Å²) < 4.78 is 32.8. The third-order valence-corrected chi connectivity index (χ3v) is 10.2. The topological polar surface area (TPSA) is 73.1 Å². The van der Waals surface area contributed by atoms with Crippen molar-refractivity contribution < 1.29 is 8.42 Å². The van der Waals surface area contributed by atoms with Crippen molar-refractivity contribution in [1.82, 2.24) is 9.13 Å². The van der Waals surface area contributed by atoms with Crippen LogP contribution in [0.5, 0.6) is 0 Å². The third-order valence-electron chi connectivity index (χ3n) is 5.28. The van der Waals surface area contributed by atoms with E-state index >= 15 is 0 Å². The standard InChI is InChI=1S/C19H22BrN3O3S3/c1-22-14-10-13(21-29(25,26)18-9-8-17(20)28-18)16(11-15(14)23(2)19(22)24)27-12-6-4-3-5-7-12/h8-12,21H,3-7H2,1-2H3. The van der Waals surface area contributed by atoms with Crippen LogP contribution in [0, 0.1) is 0 Å². The lowest BCUT2D eigenvalue weighted by Crippen LogP contribution is -2.19. The van der Waals surface area contributed by atoms with E-state index in [1.165, 1.54) is 30.6 Å². The Kier molecular flexibility index (Phi) is 5.89. The Labute approximate surface area is 186 Å². The lowest BCUT2D eigenvalue weighted by molar-refractivity contribution is 0.516. The van der Waals surface area contributed by atoms with Gasteiger partial charge >= 0.3 is 5.69 Å². The molecule has 6 nitrogen and oxygen atoms in total. The molecule has 0 bridgehead atoms. The zero-order valence-corrected chi connectivity index (χ0v) is 20.2. The number of benzene rings is 1. The molecule has 1 saturated carbocycles. The van der Waals surface area contributed by atoms with Crippen LogP contribution < -0.4 is 10.4 Å². The van der Waals surface area contributed by atoms with E-state index in [2.05, 4.69) is 20.7 Å². The summed E-state index contributed by atoms with van der Waals surface area (Å²) >= 11 is 6.21. The molecule has 29 heavy (non-hydrogen) atoms. The highest BCUT2D eigenvalue weighted by atomic mass is 79.9. The maximum Gasteiger partial charge on any atom is 0.328 e. The van der Waals surface area contributed by atoms with Crippen LogP contribution in [-0.4, -0.2) is 22.8 Å². The van der Waals surface area contributed by atoms with E-state index in [9.17, 15) is 13.2 Å². The molecule has 0 amide bonds. The first-order valence-corrected chi connectivity index (χ1v) is 13.4. The molecular formula is C19H22BrN3O3S3. The number of halogens is 1. The van der Waals surface area contributed by atoms with Gasteiger partial charge in [0.2, 0.25) is 0 Å². The fraction of sp³-hybridized carbons (Fsp3) is 0.421. The number of aryl methyl sites for hydroxylation is 2. The third kappa shape index (κ3) is 4.17. The number of thiophene rings is 1. The average molecular weight is 517 g/mol. The van der Waals surface area contributed by atoms with Crippen LogP contribution in [0.1, 0.15) is 32.1 Å². The predicted molar refractivity (Wildman–Crippen MR) is 124 cm³/mol. The first kappa shape index (κ1) is 21.0. The first-order valence-electron chi connectivity index (χ1n) is 9.40. The fourth-order valence-electron chi connectivity index (χ4n) is 3.70. The summed E-state index contributed by atoms with van der Waals surface area (Å²) in [5.74, 6) is 0. The number of nitrogens with zero attached hydrogens (tertiary/aromatic N) is 2. The van der Waals surface area contributed by atoms with Gasteiger partial charge in [-0.05, 0) is 53.0 Å². The molecule has 0 radical (unpaired) electrons. The molecule has 1 aliphatic carbocycles. The molecule has 1 fully saturated rings. The van der Waals surface area contributed by atoms with E-state index in [-0.39, 0.29) is 9.90 Å². The van der Waals surface area contributed by atoms with Gasteiger partial charge in [0.05, 0.1) is 20.5 Å². The Morgan fingerprint density at radius 2 is 1.76 bits per heavy atom. The van der Waals surface area contributed by atoms with E-state index < -0.39 is 10.0 Å². The number of nitrogens with one attached hydrogen (secondary N) is 1. The fourth-order valence-corrected chi connectivity index (χ4v) is 8.19. The van der Waals surface area contributed by atoms with Gasteiger partial charge in [-0.15, -0.1) is 23.1 Å². The summed E-state index contributed by atoms with van der Waals surface area (Å²) in [6.45, 7) is 0. The highest BCUT2D eigenvalue weighted by Gasteiger charge is 2.23. The lowest BCUT2D eigenvalue weighted by Gasteiger charge is -2.22. The molecular weight excluding hydrogens is 494 g/mol. The molecule has 1 aliphatic rings. The number of anilines is 1. The molecule has 0 aliphatic heterocycles. The Balaban J connectivity index is 1.80. The van der Waals surface area contributed by atoms with E-state index in [0.717, 1.165) is 27.0 Å². The largest absolute Gasteiger partial charge is 0.328 e. The van der Waals surface area contributed by atoms with Crippen LogP contribution in [0.15, 0.2) is 42.0 Å². The van der Waals surface area contributed by atoms with Crippen molar-refractivity contribution in [3.05, 3.63) is 38.5 Å². The van der Waals surface area contributed by atoms with Crippen LogP contribution in [-0.2, 0) is 24.1 Å². The smallest absolute Gasteiger partial charge is 0.295 e. The normalized spacial score (nSPS) is 15.8. The van der Waals surface area contributed by atoms with Crippen LogP contribution in [0.3, 0.4) is 0 Å². The Hall–Kier alpha value is -1.23. The highest BCUT2D eigenvalue weighted by molar-refractivity contribution is 9.11. The van der Waals surface area contributed by atoms with Crippen molar-refractivity contribution >= 4 is 65.8 Å². The van der Waals surface area contributed by atoms with Gasteiger partial charge in [-0.2, -0.15) is 0 Å². The Morgan fingerprint density at radius 3 is 2.38 bits per heavy atom. The number of hydrogen-bond acceptors (Lipinski definition) is 5. The SMILES string of the molecule is Cn1c(=O)n(C)c2cc(SC3CCCCC3)c(NS(=O)(=O)c3ccc(Br)s3)cc21. The molecule has 0 unspecified atom stereocenters. The minimum atomic E-state index is -3.71. The number of sulfonamides is 1. The quantitative estimate of drug-likeness (QED) is 0.522. The zero-order chi connectivity index (χ0) is 20.8. The minimum absolute atomic E-state index is 0.129. The second-order valence-corrected chi connectivity index (χ2v) is 13.0. The number of rotatable bonds is 5. The van der Waals surface area contributed by atoms with Gasteiger partial charge in [0.1, 0.15) is 4.21 Å². The number of thioether (sulfide) groups is 1. The van der Waals surface area contributed by atoms with Crippen LogP contribution in [0.2, 0.25) is 0 Å². The summed E-state index contributed by atoms with van der Waals surface area (Å²) in [6.07, 6.45) is 5.92. The number of aromatic nitrogens is 2. The summed E-state index contributed by atoms with van der Waals surface area (Å²) in [4.78, 5) is 13.3. The van der Waals surface area contributed by atoms with Crippen LogP contribution >= 0.6 is 39.0 Å². The number of fused-ring (bicyclic) bond motifs is 1. The molecule has 3 aromatic rings. The molecule has 156 valence electrons. The molecule has 0 saturated heterocycles. The van der Waals surface area contributed by atoms with E-state index in [0.29, 0.717) is 16.5 Å². The molecule has 0 atom stereocenters. The molecule has 4 rings (SSSR count). The molecule has 0 spiro atoms. The second-order valence-electron chi connectivity index (χ2n) is 7.28. The van der Waals surface area contributed by atoms with Gasteiger partial charge in [0, 0.05) is 24.2 Å². The highest BCUT2D eigenvalue weighted by Crippen LogP contribution is 2.40. The van der Waals surface area contributed by atoms with Crippen molar-refractivity contribution in [1.29, 1.82) is 0 Å². The molecule has 2 heterocycles. The van der Waals surface area contributed by atoms with Gasteiger partial charge in [0.15, 0.2) is 0 Å². The second kappa shape index (κ2) is 8.13. The monoisotopic (exact) mass is 515 g/mol.